The van der Waals surface area contributed by atoms with E-state index in [0.29, 0.717) is 23.0 Å². The second-order valence-corrected chi connectivity index (χ2v) is 9.01. The molecule has 0 spiro atoms. The lowest BCUT2D eigenvalue weighted by Crippen LogP contribution is -2.38. The molecule has 1 fully saturated rings. The minimum absolute atomic E-state index is 0.0563. The minimum atomic E-state index is -3.07. The summed E-state index contributed by atoms with van der Waals surface area (Å²) in [7, 11) is -3.07. The maximum Gasteiger partial charge on any atom is 0.339 e. The predicted molar refractivity (Wildman–Crippen MR) is 97.7 cm³/mol. The summed E-state index contributed by atoms with van der Waals surface area (Å²) in [5, 5.41) is 3.60. The Morgan fingerprint density at radius 1 is 1.35 bits per heavy atom. The Morgan fingerprint density at radius 2 is 2.08 bits per heavy atom. The molecule has 1 aliphatic rings. The maximum atomic E-state index is 12.0. The summed E-state index contributed by atoms with van der Waals surface area (Å²) in [6.07, 6.45) is 0.397. The van der Waals surface area contributed by atoms with Crippen molar-refractivity contribution in [3.8, 4) is 5.75 Å². The molecule has 1 amide bonds. The Hall–Kier alpha value is -2.06. The van der Waals surface area contributed by atoms with Gasteiger partial charge < -0.3 is 14.5 Å². The predicted octanol–water partition coefficient (Wildman–Crippen LogP) is 1.75. The third-order valence-electron chi connectivity index (χ3n) is 4.47. The van der Waals surface area contributed by atoms with E-state index in [9.17, 15) is 18.0 Å². The third-order valence-corrected chi connectivity index (χ3v) is 6.53. The summed E-state index contributed by atoms with van der Waals surface area (Å²) < 4.78 is 33.5. The molecule has 1 unspecified atom stereocenters. The van der Waals surface area contributed by atoms with Gasteiger partial charge in [0, 0.05) is 23.1 Å². The largest absolute Gasteiger partial charge is 0.482 e. The van der Waals surface area contributed by atoms with Crippen LogP contribution in [-0.2, 0) is 14.6 Å². The Labute approximate surface area is 155 Å². The Morgan fingerprint density at radius 3 is 2.73 bits per heavy atom. The Kier molecular flexibility index (Phi) is 4.98. The molecular weight excluding hydrogens is 382 g/mol. The monoisotopic (exact) mass is 399 g/mol. The highest BCUT2D eigenvalue weighted by Crippen LogP contribution is 2.31. The van der Waals surface area contributed by atoms with Gasteiger partial charge in [0.15, 0.2) is 16.4 Å². The first-order chi connectivity index (χ1) is 12.2. The van der Waals surface area contributed by atoms with Crippen molar-refractivity contribution in [2.75, 3.05) is 18.1 Å². The molecule has 1 aromatic heterocycles. The zero-order valence-electron chi connectivity index (χ0n) is 14.3. The highest BCUT2D eigenvalue weighted by atomic mass is 35.5. The summed E-state index contributed by atoms with van der Waals surface area (Å²) in [6, 6.07) is 2.70. The molecule has 9 heteroatoms. The van der Waals surface area contributed by atoms with E-state index in [1.54, 1.807) is 19.9 Å². The van der Waals surface area contributed by atoms with Crippen molar-refractivity contribution in [2.45, 2.75) is 26.3 Å². The molecule has 0 bridgehead atoms. The topological polar surface area (TPSA) is 103 Å². The molecule has 0 radical (unpaired) electrons. The van der Waals surface area contributed by atoms with Gasteiger partial charge in [-0.15, -0.1) is 0 Å². The molecule has 7 nitrogen and oxygen atoms in total. The fraction of sp³-hybridized carbons (Fsp3) is 0.412. The summed E-state index contributed by atoms with van der Waals surface area (Å²) >= 11 is 6.20. The van der Waals surface area contributed by atoms with Crippen molar-refractivity contribution in [1.29, 1.82) is 0 Å². The number of benzene rings is 1. The zero-order chi connectivity index (χ0) is 19.1. The Balaban J connectivity index is 1.73. The van der Waals surface area contributed by atoms with Gasteiger partial charge in [-0.1, -0.05) is 11.6 Å². The Bertz CT molecular complexity index is 1040. The lowest BCUT2D eigenvalue weighted by molar-refractivity contribution is -0.123. The number of ether oxygens (including phenoxy) is 1. The first-order valence-electron chi connectivity index (χ1n) is 8.02. The molecule has 1 saturated heterocycles. The minimum Gasteiger partial charge on any atom is -0.482 e. The van der Waals surface area contributed by atoms with Gasteiger partial charge in [-0.3, -0.25) is 4.79 Å². The van der Waals surface area contributed by atoms with Gasteiger partial charge in [-0.05, 0) is 31.9 Å². The number of sulfone groups is 1. The van der Waals surface area contributed by atoms with Crippen LogP contribution in [0.2, 0.25) is 5.02 Å². The van der Waals surface area contributed by atoms with E-state index >= 15 is 0 Å². The molecule has 2 heterocycles. The first kappa shape index (κ1) is 18.7. The van der Waals surface area contributed by atoms with E-state index in [-0.39, 0.29) is 28.9 Å². The summed E-state index contributed by atoms with van der Waals surface area (Å²) in [5.41, 5.74) is 1.15. The quantitative estimate of drug-likeness (QED) is 0.785. The van der Waals surface area contributed by atoms with E-state index in [4.69, 9.17) is 20.8 Å². The molecule has 1 N–H and O–H groups in total. The van der Waals surface area contributed by atoms with Crippen molar-refractivity contribution < 1.29 is 22.4 Å². The normalized spacial score (nSPS) is 18.8. The number of aryl methyl sites for hydroxylation is 1. The van der Waals surface area contributed by atoms with Crippen LogP contribution in [0.1, 0.15) is 17.5 Å². The lowest BCUT2D eigenvalue weighted by Gasteiger charge is -2.13. The van der Waals surface area contributed by atoms with E-state index in [2.05, 4.69) is 5.32 Å². The fourth-order valence-electron chi connectivity index (χ4n) is 2.88. The van der Waals surface area contributed by atoms with Crippen LogP contribution in [0, 0.1) is 13.8 Å². The number of rotatable bonds is 4. The highest BCUT2D eigenvalue weighted by molar-refractivity contribution is 7.91. The van der Waals surface area contributed by atoms with Crippen LogP contribution in [0.25, 0.3) is 11.0 Å². The summed E-state index contributed by atoms with van der Waals surface area (Å²) in [4.78, 5) is 23.8. The van der Waals surface area contributed by atoms with Crippen LogP contribution in [0.3, 0.4) is 0 Å². The fourth-order valence-corrected chi connectivity index (χ4v) is 4.77. The number of nitrogens with one attached hydrogen (secondary N) is 1. The number of halogens is 1. The molecule has 1 aliphatic heterocycles. The molecule has 2 aromatic rings. The SMILES string of the molecule is Cc1c(C)c2cc(Cl)c(OCC(=O)NC3CCS(=O)(=O)C3)cc2oc1=O. The number of carbonyl (C=O) groups is 1. The average molecular weight is 400 g/mol. The molecule has 1 atom stereocenters. The van der Waals surface area contributed by atoms with E-state index in [1.807, 2.05) is 0 Å². The standard InChI is InChI=1S/C17H18ClNO6S/c1-9-10(2)17(21)25-14-6-15(13(18)5-12(9)14)24-7-16(20)19-11-3-4-26(22,23)8-11/h5-6,11H,3-4,7-8H2,1-2H3,(H,19,20). The molecule has 3 rings (SSSR count). The lowest BCUT2D eigenvalue weighted by atomic mass is 10.1. The number of carbonyl (C=O) groups excluding carboxylic acids is 1. The van der Waals surface area contributed by atoms with Crippen LogP contribution in [-0.4, -0.2) is 38.5 Å². The van der Waals surface area contributed by atoms with Crippen LogP contribution in [0.4, 0.5) is 0 Å². The highest BCUT2D eigenvalue weighted by Gasteiger charge is 2.29. The zero-order valence-corrected chi connectivity index (χ0v) is 15.9. The first-order valence-corrected chi connectivity index (χ1v) is 10.2. The third kappa shape index (κ3) is 3.86. The smallest absolute Gasteiger partial charge is 0.339 e. The molecule has 140 valence electrons. The van der Waals surface area contributed by atoms with Gasteiger partial charge in [0.2, 0.25) is 0 Å². The van der Waals surface area contributed by atoms with Gasteiger partial charge >= 0.3 is 5.63 Å². The van der Waals surface area contributed by atoms with Crippen molar-refractivity contribution in [3.05, 3.63) is 38.7 Å². The number of hydrogen-bond acceptors (Lipinski definition) is 6. The van der Waals surface area contributed by atoms with Gasteiger partial charge in [0.25, 0.3) is 5.91 Å². The van der Waals surface area contributed by atoms with Crippen LogP contribution >= 0.6 is 11.6 Å². The van der Waals surface area contributed by atoms with Crippen molar-refractivity contribution in [2.24, 2.45) is 0 Å². The van der Waals surface area contributed by atoms with Crippen LogP contribution < -0.4 is 15.7 Å². The van der Waals surface area contributed by atoms with Crippen LogP contribution in [0.5, 0.6) is 5.75 Å². The van der Waals surface area contributed by atoms with Gasteiger partial charge in [0.05, 0.1) is 16.5 Å². The second-order valence-electron chi connectivity index (χ2n) is 6.37. The molecular formula is C17H18ClNO6S. The van der Waals surface area contributed by atoms with Gasteiger partial charge in [0.1, 0.15) is 11.3 Å². The number of amides is 1. The molecule has 26 heavy (non-hydrogen) atoms. The average Bonchev–Trinajstić information content (AvgIpc) is 2.90. The van der Waals surface area contributed by atoms with Crippen molar-refractivity contribution in [1.82, 2.24) is 5.32 Å². The van der Waals surface area contributed by atoms with Crippen molar-refractivity contribution >= 4 is 38.3 Å². The molecule has 0 aliphatic carbocycles. The van der Waals surface area contributed by atoms with E-state index in [1.165, 1.54) is 6.07 Å². The maximum absolute atomic E-state index is 12.0. The van der Waals surface area contributed by atoms with Crippen LogP contribution in [0.15, 0.2) is 21.3 Å². The van der Waals surface area contributed by atoms with E-state index < -0.39 is 27.4 Å². The van der Waals surface area contributed by atoms with Crippen molar-refractivity contribution in [3.63, 3.8) is 0 Å². The number of fused-ring (bicyclic) bond motifs is 1. The second kappa shape index (κ2) is 6.92. The summed E-state index contributed by atoms with van der Waals surface area (Å²) in [6.45, 7) is 3.15. The van der Waals surface area contributed by atoms with E-state index in [0.717, 1.165) is 5.56 Å². The van der Waals surface area contributed by atoms with Gasteiger partial charge in [-0.25, -0.2) is 13.2 Å². The molecule has 1 aromatic carbocycles. The number of hydrogen-bond donors (Lipinski definition) is 1. The van der Waals surface area contributed by atoms with Gasteiger partial charge in [-0.2, -0.15) is 0 Å². The molecule has 0 saturated carbocycles. The summed E-state index contributed by atoms with van der Waals surface area (Å²) in [5.74, 6) is -0.212.